The molecular weight excluding hydrogens is 198 g/mol. The number of nitrogens with two attached hydrogens (primary N) is 1. The summed E-state index contributed by atoms with van der Waals surface area (Å²) >= 11 is 1.52. The van der Waals surface area contributed by atoms with E-state index in [2.05, 4.69) is 5.10 Å². The van der Waals surface area contributed by atoms with E-state index in [1.165, 1.54) is 11.3 Å². The summed E-state index contributed by atoms with van der Waals surface area (Å²) < 4.78 is 3.05. The number of rotatable bonds is 2. The normalized spacial score (nSPS) is 12.5. The second-order valence-electron chi connectivity index (χ2n) is 2.86. The van der Waals surface area contributed by atoms with E-state index < -0.39 is 0 Å². The molecule has 5 heteroatoms. The molecule has 0 unspecified atom stereocenters. The molecule has 74 valence electrons. The highest BCUT2D eigenvalue weighted by atomic mass is 32.1. The fourth-order valence-corrected chi connectivity index (χ4v) is 2.41. The first kappa shape index (κ1) is 9.23. The van der Waals surface area contributed by atoms with Crippen LogP contribution in [0.3, 0.4) is 0 Å². The molecule has 4 nitrogen and oxygen atoms in total. The number of hydrogen-bond acceptors (Lipinski definition) is 4. The lowest BCUT2D eigenvalue weighted by Crippen LogP contribution is -2.18. The molecule has 0 aliphatic heterocycles. The van der Waals surface area contributed by atoms with E-state index in [0.717, 1.165) is 15.0 Å². The Balaban J connectivity index is 2.75. The molecule has 0 saturated carbocycles. The van der Waals surface area contributed by atoms with Crippen molar-refractivity contribution in [2.75, 3.05) is 6.61 Å². The van der Waals surface area contributed by atoms with Gasteiger partial charge in [0, 0.05) is 6.54 Å². The van der Waals surface area contributed by atoms with Crippen molar-refractivity contribution in [2.45, 2.75) is 6.54 Å². The van der Waals surface area contributed by atoms with E-state index in [4.69, 9.17) is 10.9 Å². The van der Waals surface area contributed by atoms with Crippen LogP contribution in [0.15, 0.2) is 29.4 Å². The molecule has 0 bridgehead atoms. The summed E-state index contributed by atoms with van der Waals surface area (Å²) in [5.41, 5.74) is 1.07. The molecule has 0 amide bonds. The Hall–Kier alpha value is -1.33. The van der Waals surface area contributed by atoms with Crippen molar-refractivity contribution in [1.82, 2.24) is 4.57 Å². The Morgan fingerprint density at radius 2 is 2.21 bits per heavy atom. The summed E-state index contributed by atoms with van der Waals surface area (Å²) in [5.74, 6) is 5.28. The second kappa shape index (κ2) is 3.81. The maximum absolute atomic E-state index is 8.92. The molecule has 0 aliphatic carbocycles. The van der Waals surface area contributed by atoms with E-state index >= 15 is 0 Å². The Morgan fingerprint density at radius 1 is 1.43 bits per heavy atom. The standard InChI is InChI=1S/C9H11N3OS/c10-11-9-12(5-6-13)7-3-1-2-4-8(7)14-9/h1-4,13H,5-6,10H2. The van der Waals surface area contributed by atoms with Gasteiger partial charge in [-0.05, 0) is 12.1 Å². The van der Waals surface area contributed by atoms with Gasteiger partial charge in [-0.25, -0.2) is 0 Å². The van der Waals surface area contributed by atoms with Gasteiger partial charge >= 0.3 is 0 Å². The lowest BCUT2D eigenvalue weighted by Gasteiger charge is -2.00. The fourth-order valence-electron chi connectivity index (χ4n) is 1.44. The van der Waals surface area contributed by atoms with Gasteiger partial charge < -0.3 is 15.5 Å². The summed E-state index contributed by atoms with van der Waals surface area (Å²) in [7, 11) is 0. The fraction of sp³-hybridized carbons (Fsp3) is 0.222. The largest absolute Gasteiger partial charge is 0.395 e. The van der Waals surface area contributed by atoms with Gasteiger partial charge in [0.1, 0.15) is 0 Å². The summed E-state index contributed by atoms with van der Waals surface area (Å²) in [6, 6.07) is 7.95. The number of thiazole rings is 1. The van der Waals surface area contributed by atoms with Crippen molar-refractivity contribution in [3.05, 3.63) is 29.1 Å². The van der Waals surface area contributed by atoms with Gasteiger partial charge in [0.15, 0.2) is 0 Å². The van der Waals surface area contributed by atoms with Crippen LogP contribution in [0.4, 0.5) is 0 Å². The number of aromatic nitrogens is 1. The van der Waals surface area contributed by atoms with Crippen LogP contribution < -0.4 is 10.6 Å². The van der Waals surface area contributed by atoms with Crippen LogP contribution in [0, 0.1) is 0 Å². The number of hydrogen-bond donors (Lipinski definition) is 2. The summed E-state index contributed by atoms with van der Waals surface area (Å²) in [6.45, 7) is 0.619. The third-order valence-electron chi connectivity index (χ3n) is 2.02. The molecule has 0 spiro atoms. The number of aliphatic hydroxyl groups is 1. The lowest BCUT2D eigenvalue weighted by atomic mass is 10.3. The minimum Gasteiger partial charge on any atom is -0.395 e. The monoisotopic (exact) mass is 209 g/mol. The van der Waals surface area contributed by atoms with Crippen molar-refractivity contribution < 1.29 is 5.11 Å². The van der Waals surface area contributed by atoms with Crippen molar-refractivity contribution in [1.29, 1.82) is 0 Å². The van der Waals surface area contributed by atoms with Crippen LogP contribution in [0.5, 0.6) is 0 Å². The molecule has 3 N–H and O–H groups in total. The van der Waals surface area contributed by atoms with Crippen LogP contribution in [0.25, 0.3) is 10.2 Å². The zero-order chi connectivity index (χ0) is 9.97. The SMILES string of the molecule is NN=c1sc2ccccc2n1CCO. The van der Waals surface area contributed by atoms with E-state index in [9.17, 15) is 0 Å². The first-order valence-electron chi connectivity index (χ1n) is 4.30. The second-order valence-corrected chi connectivity index (χ2v) is 3.87. The highest BCUT2D eigenvalue weighted by Gasteiger charge is 2.03. The van der Waals surface area contributed by atoms with E-state index in [-0.39, 0.29) is 6.61 Å². The highest BCUT2D eigenvalue weighted by Crippen LogP contribution is 2.15. The maximum Gasteiger partial charge on any atom is 0.208 e. The molecule has 1 aromatic carbocycles. The zero-order valence-electron chi connectivity index (χ0n) is 7.55. The van der Waals surface area contributed by atoms with Crippen molar-refractivity contribution in [3.8, 4) is 0 Å². The first-order chi connectivity index (χ1) is 6.86. The summed E-state index contributed by atoms with van der Waals surface area (Å²) in [6.07, 6.45) is 0. The lowest BCUT2D eigenvalue weighted by molar-refractivity contribution is 0.276. The Kier molecular flexibility index (Phi) is 2.51. The zero-order valence-corrected chi connectivity index (χ0v) is 8.37. The third-order valence-corrected chi connectivity index (χ3v) is 3.10. The number of para-hydroxylation sites is 1. The Bertz CT molecular complexity index is 500. The molecule has 0 aliphatic rings. The van der Waals surface area contributed by atoms with Gasteiger partial charge in [-0.1, -0.05) is 23.5 Å². The van der Waals surface area contributed by atoms with E-state index in [0.29, 0.717) is 6.54 Å². The number of benzene rings is 1. The van der Waals surface area contributed by atoms with Crippen LogP contribution in [0.1, 0.15) is 0 Å². The van der Waals surface area contributed by atoms with Crippen LogP contribution in [-0.2, 0) is 6.54 Å². The van der Waals surface area contributed by atoms with Crippen LogP contribution >= 0.6 is 11.3 Å². The van der Waals surface area contributed by atoms with Gasteiger partial charge in [0.2, 0.25) is 4.80 Å². The van der Waals surface area contributed by atoms with Crippen molar-refractivity contribution in [2.24, 2.45) is 10.9 Å². The molecule has 2 aromatic rings. The third kappa shape index (κ3) is 1.40. The topological polar surface area (TPSA) is 63.5 Å². The van der Waals surface area contributed by atoms with E-state index in [1.54, 1.807) is 0 Å². The van der Waals surface area contributed by atoms with Crippen LogP contribution in [-0.4, -0.2) is 16.3 Å². The minimum absolute atomic E-state index is 0.0912. The first-order valence-corrected chi connectivity index (χ1v) is 5.11. The average Bonchev–Trinajstić information content (AvgIpc) is 2.58. The summed E-state index contributed by atoms with van der Waals surface area (Å²) in [5, 5.41) is 12.6. The van der Waals surface area contributed by atoms with Crippen LogP contribution in [0.2, 0.25) is 0 Å². The van der Waals surface area contributed by atoms with Gasteiger partial charge in [-0.2, -0.15) is 5.10 Å². The Labute approximate surface area is 84.9 Å². The molecule has 0 radical (unpaired) electrons. The van der Waals surface area contributed by atoms with Crippen molar-refractivity contribution in [3.63, 3.8) is 0 Å². The smallest absolute Gasteiger partial charge is 0.208 e. The van der Waals surface area contributed by atoms with Gasteiger partial charge in [0.05, 0.1) is 16.8 Å². The maximum atomic E-state index is 8.92. The summed E-state index contributed by atoms with van der Waals surface area (Å²) in [4.78, 5) is 0.736. The average molecular weight is 209 g/mol. The molecule has 14 heavy (non-hydrogen) atoms. The van der Waals surface area contributed by atoms with Gasteiger partial charge in [-0.3, -0.25) is 0 Å². The van der Waals surface area contributed by atoms with Gasteiger partial charge in [0.25, 0.3) is 0 Å². The van der Waals surface area contributed by atoms with Crippen molar-refractivity contribution >= 4 is 21.6 Å². The quantitative estimate of drug-likeness (QED) is 0.558. The molecule has 2 rings (SSSR count). The van der Waals surface area contributed by atoms with Gasteiger partial charge in [-0.15, -0.1) is 0 Å². The highest BCUT2D eigenvalue weighted by molar-refractivity contribution is 7.16. The number of fused-ring (bicyclic) bond motifs is 1. The molecule has 1 heterocycles. The number of nitrogens with zero attached hydrogens (tertiary/aromatic N) is 2. The number of aliphatic hydroxyl groups excluding tert-OH is 1. The predicted octanol–water partition coefficient (Wildman–Crippen LogP) is 0.469. The molecule has 0 saturated heterocycles. The molecular formula is C9H11N3OS. The Morgan fingerprint density at radius 3 is 2.93 bits per heavy atom. The minimum atomic E-state index is 0.0912. The molecule has 0 fully saturated rings. The predicted molar refractivity (Wildman–Crippen MR) is 56.7 cm³/mol. The molecule has 1 aromatic heterocycles. The van der Waals surface area contributed by atoms with E-state index in [1.807, 2.05) is 28.8 Å². The molecule has 0 atom stereocenters.